The minimum Gasteiger partial charge on any atom is -0.544 e. The van der Waals surface area contributed by atoms with E-state index in [1.165, 1.54) is 6.92 Å². The maximum Gasteiger partial charge on any atom is 0.361 e. The quantitative estimate of drug-likeness (QED) is 0.575. The second-order valence-electron chi connectivity index (χ2n) is 4.88. The number of thiophene rings is 1. The molecule has 0 aliphatic carbocycles. The van der Waals surface area contributed by atoms with E-state index in [2.05, 4.69) is 4.98 Å². The lowest BCUT2D eigenvalue weighted by Gasteiger charge is -2.21. The highest BCUT2D eigenvalue weighted by Gasteiger charge is 2.48. The molecule has 3 heterocycles. The molecule has 1 atom stereocenters. The summed E-state index contributed by atoms with van der Waals surface area (Å²) in [4.78, 5) is 40.2. The van der Waals surface area contributed by atoms with Crippen molar-refractivity contribution < 1.29 is 24.5 Å². The Bertz CT molecular complexity index is 902. The van der Waals surface area contributed by atoms with Gasteiger partial charge in [0.15, 0.2) is 5.16 Å². The van der Waals surface area contributed by atoms with Gasteiger partial charge in [-0.3, -0.25) is 4.79 Å². The van der Waals surface area contributed by atoms with Crippen LogP contribution in [0.3, 0.4) is 0 Å². The molecular formula is C13H11N2O6S2-. The molecule has 2 aromatic rings. The predicted molar refractivity (Wildman–Crippen MR) is 80.5 cm³/mol. The number of fused-ring (bicyclic) bond motifs is 2. The van der Waals surface area contributed by atoms with Gasteiger partial charge in [0, 0.05) is 0 Å². The van der Waals surface area contributed by atoms with E-state index >= 15 is 0 Å². The van der Waals surface area contributed by atoms with Gasteiger partial charge in [0.2, 0.25) is 0 Å². The summed E-state index contributed by atoms with van der Waals surface area (Å²) in [5.74, 6) is -2.44. The molecule has 0 saturated heterocycles. The summed E-state index contributed by atoms with van der Waals surface area (Å²) in [6.07, 6.45) is 0. The largest absolute Gasteiger partial charge is 0.544 e. The molecule has 0 aromatic carbocycles. The number of carboxylic acid groups (broad SMARTS) is 1. The Kier molecular flexibility index (Phi) is 3.69. The third-order valence-electron chi connectivity index (χ3n) is 3.49. The molecule has 0 bridgehead atoms. The maximum atomic E-state index is 12.7. The van der Waals surface area contributed by atoms with Crippen LogP contribution in [0, 0.1) is 6.92 Å². The molecule has 1 aliphatic rings. The van der Waals surface area contributed by atoms with Gasteiger partial charge in [-0.2, -0.15) is 0 Å². The predicted octanol–water partition coefficient (Wildman–Crippen LogP) is -0.556. The molecule has 10 heteroatoms. The lowest BCUT2D eigenvalue weighted by Crippen LogP contribution is -2.48. The minimum absolute atomic E-state index is 0.0534. The number of carbonyl (C=O) groups is 2. The van der Waals surface area contributed by atoms with E-state index in [9.17, 15) is 24.6 Å². The van der Waals surface area contributed by atoms with Gasteiger partial charge in [0.25, 0.3) is 11.3 Å². The lowest BCUT2D eigenvalue weighted by atomic mass is 10.2. The fourth-order valence-electron chi connectivity index (χ4n) is 2.41. The van der Waals surface area contributed by atoms with Crippen LogP contribution in [0.1, 0.15) is 22.2 Å². The molecule has 8 nitrogen and oxygen atoms in total. The molecule has 0 unspecified atom stereocenters. The number of ether oxygens (including phenoxy) is 1. The first-order valence-corrected chi connectivity index (χ1v) is 8.41. The van der Waals surface area contributed by atoms with Crippen LogP contribution < -0.4 is 10.7 Å². The van der Waals surface area contributed by atoms with E-state index in [0.29, 0.717) is 0 Å². The summed E-state index contributed by atoms with van der Waals surface area (Å²) in [6, 6.07) is 0. The molecule has 3 rings (SSSR count). The Morgan fingerprint density at radius 1 is 1.52 bits per heavy atom. The monoisotopic (exact) mass is 355 g/mol. The highest BCUT2D eigenvalue weighted by Crippen LogP contribution is 2.37. The third kappa shape index (κ3) is 2.17. The van der Waals surface area contributed by atoms with E-state index in [1.807, 2.05) is 0 Å². The van der Waals surface area contributed by atoms with Crippen molar-refractivity contribution in [1.82, 2.24) is 9.55 Å². The SMILES string of the molecule is CCOC(=O)[C@@]1(O)CSc2nc3sc(C(=O)[O-])c(C)c3c(=O)n21. The van der Waals surface area contributed by atoms with Gasteiger partial charge in [-0.1, -0.05) is 11.8 Å². The van der Waals surface area contributed by atoms with E-state index in [-0.39, 0.29) is 38.2 Å². The summed E-state index contributed by atoms with van der Waals surface area (Å²) in [5.41, 5.74) is -2.61. The first-order chi connectivity index (χ1) is 10.8. The minimum atomic E-state index is -2.15. The second-order valence-corrected chi connectivity index (χ2v) is 6.83. The van der Waals surface area contributed by atoms with Crippen LogP contribution >= 0.6 is 23.1 Å². The Labute approximate surface area is 137 Å². The van der Waals surface area contributed by atoms with Crippen molar-refractivity contribution in [2.45, 2.75) is 24.7 Å². The van der Waals surface area contributed by atoms with Crippen molar-refractivity contribution in [3.8, 4) is 0 Å². The number of hydrogen-bond donors (Lipinski definition) is 1. The number of esters is 1. The maximum absolute atomic E-state index is 12.7. The number of nitrogens with zero attached hydrogens (tertiary/aromatic N) is 2. The molecular weight excluding hydrogens is 344 g/mol. The van der Waals surface area contributed by atoms with Crippen molar-refractivity contribution in [3.63, 3.8) is 0 Å². The number of hydrogen-bond acceptors (Lipinski definition) is 9. The summed E-state index contributed by atoms with van der Waals surface area (Å²) >= 11 is 1.86. The number of carboxylic acids is 1. The zero-order valence-corrected chi connectivity index (χ0v) is 13.7. The van der Waals surface area contributed by atoms with Gasteiger partial charge in [-0.25, -0.2) is 14.3 Å². The summed E-state index contributed by atoms with van der Waals surface area (Å²) in [7, 11) is 0. The molecule has 122 valence electrons. The highest BCUT2D eigenvalue weighted by molar-refractivity contribution is 7.99. The molecule has 0 fully saturated rings. The average molecular weight is 355 g/mol. The summed E-state index contributed by atoms with van der Waals surface area (Å²) in [6.45, 7) is 3.10. The number of rotatable bonds is 3. The number of carbonyl (C=O) groups excluding carboxylic acids is 2. The first-order valence-electron chi connectivity index (χ1n) is 6.61. The molecule has 0 amide bonds. The van der Waals surface area contributed by atoms with Crippen molar-refractivity contribution in [3.05, 3.63) is 20.8 Å². The van der Waals surface area contributed by atoms with Gasteiger partial charge in [0.05, 0.1) is 28.6 Å². The molecule has 1 aliphatic heterocycles. The number of aryl methyl sites for hydroxylation is 1. The van der Waals surface area contributed by atoms with Crippen LogP contribution in [0.5, 0.6) is 0 Å². The molecule has 0 spiro atoms. The van der Waals surface area contributed by atoms with Crippen LogP contribution in [0.15, 0.2) is 9.95 Å². The van der Waals surface area contributed by atoms with Crippen molar-refractivity contribution in [2.75, 3.05) is 12.4 Å². The lowest BCUT2D eigenvalue weighted by molar-refractivity contribution is -0.254. The molecule has 0 radical (unpaired) electrons. The van der Waals surface area contributed by atoms with E-state index in [1.54, 1.807) is 6.92 Å². The van der Waals surface area contributed by atoms with Gasteiger partial charge in [-0.05, 0) is 19.4 Å². The van der Waals surface area contributed by atoms with Gasteiger partial charge < -0.3 is 19.7 Å². The van der Waals surface area contributed by atoms with Crippen molar-refractivity contribution in [1.29, 1.82) is 0 Å². The van der Waals surface area contributed by atoms with Crippen LogP contribution in [0.2, 0.25) is 0 Å². The molecule has 1 N–H and O–H groups in total. The number of thioether (sulfide) groups is 1. The Morgan fingerprint density at radius 3 is 2.83 bits per heavy atom. The van der Waals surface area contributed by atoms with Gasteiger partial charge in [-0.15, -0.1) is 11.3 Å². The summed E-state index contributed by atoms with van der Waals surface area (Å²) < 4.78 is 5.71. The topological polar surface area (TPSA) is 122 Å². The fraction of sp³-hybridized carbons (Fsp3) is 0.385. The standard InChI is InChI=1S/C13H12N2O6S2/c1-3-21-11(19)13(20)4-22-12-14-8-6(9(16)15(12)13)5(2)7(23-8)10(17)18/h20H,3-4H2,1-2H3,(H,17,18)/p-1/t13-/m0/s1. The number of aromatic nitrogens is 2. The van der Waals surface area contributed by atoms with Crippen LogP contribution in [0.4, 0.5) is 0 Å². The summed E-state index contributed by atoms with van der Waals surface area (Å²) in [5, 5.41) is 21.9. The molecule has 0 saturated carbocycles. The second kappa shape index (κ2) is 5.32. The van der Waals surface area contributed by atoms with Gasteiger partial charge >= 0.3 is 5.97 Å². The Hall–Kier alpha value is -1.91. The molecule has 23 heavy (non-hydrogen) atoms. The Balaban J connectivity index is 2.30. The fourth-order valence-corrected chi connectivity index (χ4v) is 4.57. The van der Waals surface area contributed by atoms with Gasteiger partial charge in [0.1, 0.15) is 4.83 Å². The third-order valence-corrected chi connectivity index (χ3v) is 5.74. The van der Waals surface area contributed by atoms with Crippen LogP contribution in [-0.2, 0) is 15.3 Å². The van der Waals surface area contributed by atoms with Crippen LogP contribution in [-0.4, -0.2) is 39.0 Å². The highest BCUT2D eigenvalue weighted by atomic mass is 32.2. The molecule has 2 aromatic heterocycles. The van der Waals surface area contributed by atoms with Crippen molar-refractivity contribution >= 4 is 45.3 Å². The van der Waals surface area contributed by atoms with E-state index in [4.69, 9.17) is 4.74 Å². The van der Waals surface area contributed by atoms with Crippen molar-refractivity contribution in [2.24, 2.45) is 0 Å². The number of aromatic carboxylic acids is 1. The van der Waals surface area contributed by atoms with E-state index in [0.717, 1.165) is 27.7 Å². The zero-order chi connectivity index (χ0) is 16.9. The zero-order valence-electron chi connectivity index (χ0n) is 12.1. The first kappa shape index (κ1) is 16.0. The number of aliphatic hydroxyl groups is 1. The normalized spacial score (nSPS) is 19.8. The average Bonchev–Trinajstić information content (AvgIpc) is 2.99. The smallest absolute Gasteiger partial charge is 0.361 e. The van der Waals surface area contributed by atoms with Crippen LogP contribution in [0.25, 0.3) is 10.2 Å². The van der Waals surface area contributed by atoms with E-state index < -0.39 is 23.2 Å². The Morgan fingerprint density at radius 2 is 2.22 bits per heavy atom.